The lowest BCUT2D eigenvalue weighted by Crippen LogP contribution is -2.43. The molecule has 5 nitrogen and oxygen atoms in total. The average Bonchev–Trinajstić information content (AvgIpc) is 3.08. The molecule has 0 aliphatic heterocycles. The summed E-state index contributed by atoms with van der Waals surface area (Å²) in [6, 6.07) is 14.7. The molecule has 0 aliphatic rings. The van der Waals surface area contributed by atoms with Gasteiger partial charge >= 0.3 is 5.97 Å². The van der Waals surface area contributed by atoms with Crippen LogP contribution in [0.25, 0.3) is 22.2 Å². The Hall–Kier alpha value is -2.92. The van der Waals surface area contributed by atoms with E-state index in [-0.39, 0.29) is 12.0 Å². The fraction of sp³-hybridized carbons (Fsp3) is 0.273. The Kier molecular flexibility index (Phi) is 5.72. The Morgan fingerprint density at radius 1 is 1.22 bits per heavy atom. The van der Waals surface area contributed by atoms with Crippen LogP contribution in [-0.2, 0) is 4.79 Å². The van der Waals surface area contributed by atoms with Crippen molar-refractivity contribution in [3.8, 4) is 11.3 Å². The van der Waals surface area contributed by atoms with Gasteiger partial charge in [-0.25, -0.2) is 0 Å². The van der Waals surface area contributed by atoms with Crippen molar-refractivity contribution in [1.29, 1.82) is 0 Å². The molecule has 5 heteroatoms. The lowest BCUT2D eigenvalue weighted by Gasteiger charge is -2.26. The number of carboxylic acids is 1. The van der Waals surface area contributed by atoms with E-state index in [1.807, 2.05) is 62.4 Å². The Bertz CT molecular complexity index is 945. The number of aromatic nitrogens is 1. The Morgan fingerprint density at radius 2 is 1.93 bits per heavy atom. The zero-order valence-corrected chi connectivity index (χ0v) is 15.6. The minimum Gasteiger partial charge on any atom is -0.480 e. The highest BCUT2D eigenvalue weighted by Gasteiger charge is 2.27. The van der Waals surface area contributed by atoms with Crippen LogP contribution in [0.1, 0.15) is 31.9 Å². The molecule has 2 atom stereocenters. The van der Waals surface area contributed by atoms with Crippen molar-refractivity contribution in [2.24, 2.45) is 5.92 Å². The second-order valence-electron chi connectivity index (χ2n) is 6.92. The van der Waals surface area contributed by atoms with Gasteiger partial charge in [-0.05, 0) is 30.0 Å². The summed E-state index contributed by atoms with van der Waals surface area (Å²) in [7, 11) is 0. The minimum atomic E-state index is -0.858. The molecular formula is C22H24N2O3. The van der Waals surface area contributed by atoms with E-state index in [9.17, 15) is 9.90 Å². The normalized spacial score (nSPS) is 13.6. The molecule has 0 radical (unpaired) electrons. The largest absolute Gasteiger partial charge is 0.480 e. The number of fused-ring (bicyclic) bond motifs is 1. The van der Waals surface area contributed by atoms with E-state index in [4.69, 9.17) is 4.52 Å². The molecule has 27 heavy (non-hydrogen) atoms. The van der Waals surface area contributed by atoms with Gasteiger partial charge in [0.05, 0.1) is 0 Å². The summed E-state index contributed by atoms with van der Waals surface area (Å²) in [5, 5.41) is 18.1. The van der Waals surface area contributed by atoms with Gasteiger partial charge in [-0.15, -0.1) is 6.58 Å². The highest BCUT2D eigenvalue weighted by atomic mass is 16.5. The third-order valence-corrected chi connectivity index (χ3v) is 4.68. The second-order valence-corrected chi connectivity index (χ2v) is 6.92. The molecule has 3 aromatic rings. The summed E-state index contributed by atoms with van der Waals surface area (Å²) in [5.74, 6) is -0.904. The van der Waals surface area contributed by atoms with Crippen molar-refractivity contribution >= 4 is 16.9 Å². The van der Waals surface area contributed by atoms with Crippen LogP contribution in [0.2, 0.25) is 0 Å². The lowest BCUT2D eigenvalue weighted by molar-refractivity contribution is -0.140. The van der Waals surface area contributed by atoms with Crippen LogP contribution in [0.3, 0.4) is 0 Å². The van der Waals surface area contributed by atoms with Crippen LogP contribution in [0, 0.1) is 5.92 Å². The minimum absolute atomic E-state index is 0.0464. The van der Waals surface area contributed by atoms with Gasteiger partial charge < -0.3 is 9.63 Å². The quantitative estimate of drug-likeness (QED) is 0.561. The van der Waals surface area contributed by atoms with Crippen LogP contribution >= 0.6 is 0 Å². The summed E-state index contributed by atoms with van der Waals surface area (Å²) in [5.41, 5.74) is 3.38. The number of nitrogens with one attached hydrogen (secondary N) is 1. The molecule has 0 aliphatic carbocycles. The third kappa shape index (κ3) is 3.93. The van der Waals surface area contributed by atoms with E-state index in [0.29, 0.717) is 6.42 Å². The molecule has 140 valence electrons. The molecule has 0 bridgehead atoms. The molecular weight excluding hydrogens is 340 g/mol. The van der Waals surface area contributed by atoms with Crippen LogP contribution in [-0.4, -0.2) is 22.3 Å². The number of nitrogens with zero attached hydrogens (tertiary/aromatic N) is 1. The smallest absolute Gasteiger partial charge is 0.320 e. The molecule has 0 spiro atoms. The number of para-hydroxylation sites is 1. The molecule has 1 unspecified atom stereocenters. The molecule has 1 heterocycles. The van der Waals surface area contributed by atoms with Crippen LogP contribution < -0.4 is 5.32 Å². The van der Waals surface area contributed by atoms with Gasteiger partial charge in [0.25, 0.3) is 0 Å². The standard InChI is InChI=1S/C22H24N2O3/c1-4-9-18(23-20(14(2)3)22(25)26)15-10-5-6-11-16(15)21-17-12-7-8-13-19(17)27-24-21/h4-8,10-14,18,20,23H,1,9H2,2-3H3,(H,25,26)/t18?,20-/m0/s1. The van der Waals surface area contributed by atoms with E-state index in [1.54, 1.807) is 6.08 Å². The Balaban J connectivity index is 2.07. The van der Waals surface area contributed by atoms with Crippen molar-refractivity contribution < 1.29 is 14.4 Å². The first-order valence-corrected chi connectivity index (χ1v) is 9.06. The fourth-order valence-corrected chi connectivity index (χ4v) is 3.31. The van der Waals surface area contributed by atoms with Crippen molar-refractivity contribution in [2.75, 3.05) is 0 Å². The maximum Gasteiger partial charge on any atom is 0.320 e. The molecule has 1 aromatic heterocycles. The maximum absolute atomic E-state index is 11.7. The second kappa shape index (κ2) is 8.18. The molecule has 2 N–H and O–H groups in total. The topological polar surface area (TPSA) is 75.4 Å². The first kappa shape index (κ1) is 18.9. The lowest BCUT2D eigenvalue weighted by atomic mass is 9.93. The molecule has 3 rings (SSSR count). The number of hydrogen-bond acceptors (Lipinski definition) is 4. The highest BCUT2D eigenvalue weighted by molar-refractivity contribution is 5.92. The van der Waals surface area contributed by atoms with E-state index in [1.165, 1.54) is 0 Å². The highest BCUT2D eigenvalue weighted by Crippen LogP contribution is 2.34. The molecule has 0 saturated heterocycles. The van der Waals surface area contributed by atoms with Gasteiger partial charge in [0, 0.05) is 17.0 Å². The Morgan fingerprint density at radius 3 is 2.63 bits per heavy atom. The van der Waals surface area contributed by atoms with Crippen LogP contribution in [0.15, 0.2) is 65.7 Å². The van der Waals surface area contributed by atoms with Gasteiger partial charge in [0.15, 0.2) is 5.58 Å². The van der Waals surface area contributed by atoms with E-state index in [0.717, 1.165) is 27.8 Å². The summed E-state index contributed by atoms with van der Waals surface area (Å²) in [4.78, 5) is 11.7. The van der Waals surface area contributed by atoms with Gasteiger partial charge in [-0.1, -0.05) is 61.5 Å². The summed E-state index contributed by atoms with van der Waals surface area (Å²) >= 11 is 0. The third-order valence-electron chi connectivity index (χ3n) is 4.68. The van der Waals surface area contributed by atoms with E-state index < -0.39 is 12.0 Å². The first-order chi connectivity index (χ1) is 13.0. The zero-order chi connectivity index (χ0) is 19.4. The summed E-state index contributed by atoms with van der Waals surface area (Å²) in [6.07, 6.45) is 2.40. The predicted molar refractivity (Wildman–Crippen MR) is 106 cm³/mol. The summed E-state index contributed by atoms with van der Waals surface area (Å²) < 4.78 is 5.47. The number of benzene rings is 2. The van der Waals surface area contributed by atoms with Crippen molar-refractivity contribution in [3.63, 3.8) is 0 Å². The molecule has 0 fully saturated rings. The zero-order valence-electron chi connectivity index (χ0n) is 15.6. The van der Waals surface area contributed by atoms with Crippen LogP contribution in [0.4, 0.5) is 0 Å². The molecule has 0 saturated carbocycles. The van der Waals surface area contributed by atoms with Crippen molar-refractivity contribution in [3.05, 3.63) is 66.7 Å². The van der Waals surface area contributed by atoms with E-state index >= 15 is 0 Å². The first-order valence-electron chi connectivity index (χ1n) is 9.06. The number of carbonyl (C=O) groups is 1. The van der Waals surface area contributed by atoms with Gasteiger partial charge in [-0.3, -0.25) is 10.1 Å². The van der Waals surface area contributed by atoms with Gasteiger partial charge in [-0.2, -0.15) is 0 Å². The number of aliphatic carboxylic acids is 1. The van der Waals surface area contributed by atoms with Gasteiger partial charge in [0.1, 0.15) is 11.7 Å². The average molecular weight is 364 g/mol. The van der Waals surface area contributed by atoms with Crippen molar-refractivity contribution in [2.45, 2.75) is 32.4 Å². The van der Waals surface area contributed by atoms with Crippen molar-refractivity contribution in [1.82, 2.24) is 10.5 Å². The number of carboxylic acid groups (broad SMARTS) is 1. The van der Waals surface area contributed by atoms with E-state index in [2.05, 4.69) is 17.1 Å². The fourth-order valence-electron chi connectivity index (χ4n) is 3.31. The predicted octanol–water partition coefficient (Wildman–Crippen LogP) is 4.81. The molecule has 2 aromatic carbocycles. The number of hydrogen-bond donors (Lipinski definition) is 2. The van der Waals surface area contributed by atoms with Crippen LogP contribution in [0.5, 0.6) is 0 Å². The van der Waals surface area contributed by atoms with Gasteiger partial charge in [0.2, 0.25) is 0 Å². The SMILES string of the molecule is C=CCC(N[C@H](C(=O)O)C(C)C)c1ccccc1-c1noc2ccccc12. The summed E-state index contributed by atoms with van der Waals surface area (Å²) in [6.45, 7) is 7.64. The monoisotopic (exact) mass is 364 g/mol. The molecule has 0 amide bonds. The Labute approximate surface area is 158 Å². The number of rotatable bonds is 8. The maximum atomic E-state index is 11.7.